The summed E-state index contributed by atoms with van der Waals surface area (Å²) >= 11 is 0. The van der Waals surface area contributed by atoms with E-state index in [2.05, 4.69) is 21.4 Å². The number of rotatable bonds is 6. The summed E-state index contributed by atoms with van der Waals surface area (Å²) in [5, 5.41) is 21.6. The molecule has 0 amide bonds. The van der Waals surface area contributed by atoms with E-state index in [9.17, 15) is 24.3 Å². The summed E-state index contributed by atoms with van der Waals surface area (Å²) in [6, 6.07) is 13.7. The minimum Gasteiger partial charge on any atom is -0.477 e. The molecular weight excluding hydrogens is 437 g/mol. The summed E-state index contributed by atoms with van der Waals surface area (Å²) in [5.74, 6) is -1.90. The van der Waals surface area contributed by atoms with E-state index in [0.717, 1.165) is 24.5 Å². The maximum atomic E-state index is 15.0. The maximum Gasteiger partial charge on any atom is 0.341 e. The molecule has 8 nitrogen and oxygen atoms in total. The van der Waals surface area contributed by atoms with E-state index in [-0.39, 0.29) is 28.6 Å². The van der Waals surface area contributed by atoms with Crippen LogP contribution in [0.15, 0.2) is 59.7 Å². The summed E-state index contributed by atoms with van der Waals surface area (Å²) in [6.45, 7) is 0. The Kier molecular flexibility index (Phi) is 5.26. The molecular formula is C25H18FN5O3. The van der Waals surface area contributed by atoms with Crippen LogP contribution in [0.25, 0.3) is 10.9 Å². The number of hydrogen-bond acceptors (Lipinski definition) is 6. The second-order valence-electron chi connectivity index (χ2n) is 8.11. The number of aromatic nitrogens is 3. The smallest absolute Gasteiger partial charge is 0.341 e. The zero-order valence-corrected chi connectivity index (χ0v) is 17.8. The molecule has 2 aromatic carbocycles. The van der Waals surface area contributed by atoms with Gasteiger partial charge < -0.3 is 15.0 Å². The van der Waals surface area contributed by atoms with Gasteiger partial charge in [0.15, 0.2) is 0 Å². The Morgan fingerprint density at radius 1 is 1.26 bits per heavy atom. The van der Waals surface area contributed by atoms with Gasteiger partial charge in [-0.25, -0.2) is 19.2 Å². The van der Waals surface area contributed by atoms with E-state index >= 15 is 0 Å². The van der Waals surface area contributed by atoms with Crippen molar-refractivity contribution >= 4 is 28.5 Å². The van der Waals surface area contributed by atoms with Crippen molar-refractivity contribution in [2.24, 2.45) is 0 Å². The van der Waals surface area contributed by atoms with Crippen LogP contribution < -0.4 is 10.7 Å². The van der Waals surface area contributed by atoms with Gasteiger partial charge in [0.05, 0.1) is 28.5 Å². The highest BCUT2D eigenvalue weighted by Gasteiger charge is 2.27. The highest BCUT2D eigenvalue weighted by atomic mass is 19.1. The summed E-state index contributed by atoms with van der Waals surface area (Å²) < 4.78 is 16.7. The number of fused-ring (bicyclic) bond motifs is 1. The molecule has 34 heavy (non-hydrogen) atoms. The lowest BCUT2D eigenvalue weighted by Gasteiger charge is -2.14. The Morgan fingerprint density at radius 2 is 2.06 bits per heavy atom. The third-order valence-electron chi connectivity index (χ3n) is 5.76. The summed E-state index contributed by atoms with van der Waals surface area (Å²) in [6.07, 6.45) is 4.98. The van der Waals surface area contributed by atoms with E-state index in [4.69, 9.17) is 0 Å². The van der Waals surface area contributed by atoms with Gasteiger partial charge in [-0.3, -0.25) is 4.79 Å². The van der Waals surface area contributed by atoms with Crippen molar-refractivity contribution in [2.75, 3.05) is 5.32 Å². The van der Waals surface area contributed by atoms with E-state index in [1.165, 1.54) is 18.5 Å². The predicted molar refractivity (Wildman–Crippen MR) is 123 cm³/mol. The largest absolute Gasteiger partial charge is 0.477 e. The first-order chi connectivity index (χ1) is 16.4. The molecule has 2 aromatic heterocycles. The van der Waals surface area contributed by atoms with E-state index in [1.807, 2.05) is 12.1 Å². The van der Waals surface area contributed by atoms with E-state index in [0.29, 0.717) is 23.2 Å². The van der Waals surface area contributed by atoms with Gasteiger partial charge in [-0.2, -0.15) is 5.26 Å². The van der Waals surface area contributed by atoms with Crippen molar-refractivity contribution in [1.29, 1.82) is 5.26 Å². The highest BCUT2D eigenvalue weighted by molar-refractivity contribution is 5.93. The molecule has 0 atom stereocenters. The number of nitrogens with one attached hydrogen (secondary N) is 1. The predicted octanol–water partition coefficient (Wildman–Crippen LogP) is 4.17. The third kappa shape index (κ3) is 3.97. The zero-order valence-electron chi connectivity index (χ0n) is 17.8. The summed E-state index contributed by atoms with van der Waals surface area (Å²) in [7, 11) is 0. The molecule has 1 aliphatic rings. The number of carboxylic acid groups (broad SMARTS) is 1. The Hall–Kier alpha value is -4.58. The second kappa shape index (κ2) is 8.41. The Bertz CT molecular complexity index is 1550. The quantitative estimate of drug-likeness (QED) is 0.448. The fraction of sp³-hybridized carbons (Fsp3) is 0.160. The lowest BCUT2D eigenvalue weighted by Crippen LogP contribution is -2.19. The van der Waals surface area contributed by atoms with Gasteiger partial charge in [-0.15, -0.1) is 0 Å². The van der Waals surface area contributed by atoms with Crippen molar-refractivity contribution in [2.45, 2.75) is 25.3 Å². The fourth-order valence-electron chi connectivity index (χ4n) is 3.93. The van der Waals surface area contributed by atoms with Crippen molar-refractivity contribution in [1.82, 2.24) is 14.5 Å². The number of anilines is 2. The lowest BCUT2D eigenvalue weighted by atomic mass is 10.0. The molecule has 5 rings (SSSR count). The Morgan fingerprint density at radius 3 is 2.79 bits per heavy atom. The van der Waals surface area contributed by atoms with Gasteiger partial charge in [0, 0.05) is 30.2 Å². The van der Waals surface area contributed by atoms with Crippen molar-refractivity contribution in [3.63, 3.8) is 0 Å². The molecule has 0 unspecified atom stereocenters. The molecule has 0 radical (unpaired) electrons. The molecule has 0 aliphatic heterocycles. The molecule has 1 saturated carbocycles. The van der Waals surface area contributed by atoms with Crippen molar-refractivity contribution in [3.05, 3.63) is 93.3 Å². The molecule has 1 fully saturated rings. The fourth-order valence-corrected chi connectivity index (χ4v) is 3.93. The van der Waals surface area contributed by atoms with Gasteiger partial charge in [0.1, 0.15) is 11.4 Å². The molecule has 0 saturated heterocycles. The Labute approximate surface area is 193 Å². The van der Waals surface area contributed by atoms with Gasteiger partial charge >= 0.3 is 5.97 Å². The number of benzene rings is 2. The van der Waals surface area contributed by atoms with Gasteiger partial charge in [0.25, 0.3) is 0 Å². The molecule has 0 spiro atoms. The topological polar surface area (TPSA) is 121 Å². The van der Waals surface area contributed by atoms with Gasteiger partial charge in [-0.1, -0.05) is 18.2 Å². The standard InChI is InChI=1S/C25H18FN5O3/c26-20-10-18-22(31(17-5-6-17)13-19(23(18)32)24(33)34)11-21(20)30-25-28-8-7-16(29-25)9-14-3-1-2-4-15(14)12-27/h1-4,7-8,10-11,13,17H,5-6,9H2,(H,33,34)(H,28,29,30). The minimum atomic E-state index is -1.34. The molecule has 0 bridgehead atoms. The van der Waals surface area contributed by atoms with Crippen LogP contribution in [-0.4, -0.2) is 25.6 Å². The van der Waals surface area contributed by atoms with Crippen LogP contribution in [0.2, 0.25) is 0 Å². The first kappa shape index (κ1) is 21.3. The number of pyridine rings is 1. The molecule has 168 valence electrons. The molecule has 9 heteroatoms. The lowest BCUT2D eigenvalue weighted by molar-refractivity contribution is 0.0695. The molecule has 2 N–H and O–H groups in total. The number of carbonyl (C=O) groups is 1. The van der Waals surface area contributed by atoms with Crippen molar-refractivity contribution < 1.29 is 14.3 Å². The number of hydrogen-bond donors (Lipinski definition) is 2. The molecule has 4 aromatic rings. The Balaban J connectivity index is 1.52. The first-order valence-electron chi connectivity index (χ1n) is 10.6. The summed E-state index contributed by atoms with van der Waals surface area (Å²) in [5.41, 5.74) is 1.42. The van der Waals surface area contributed by atoms with Crippen LogP contribution in [0.5, 0.6) is 0 Å². The average Bonchev–Trinajstić information content (AvgIpc) is 3.66. The number of halogens is 1. The van der Waals surface area contributed by atoms with Crippen LogP contribution in [0.3, 0.4) is 0 Å². The minimum absolute atomic E-state index is 0.0117. The maximum absolute atomic E-state index is 15.0. The normalized spacial score (nSPS) is 12.9. The van der Waals surface area contributed by atoms with Crippen LogP contribution in [0.1, 0.15) is 46.1 Å². The molecule has 1 aliphatic carbocycles. The number of nitriles is 1. The second-order valence-corrected chi connectivity index (χ2v) is 8.11. The van der Waals surface area contributed by atoms with E-state index in [1.54, 1.807) is 22.8 Å². The van der Waals surface area contributed by atoms with Crippen molar-refractivity contribution in [3.8, 4) is 6.07 Å². The van der Waals surface area contributed by atoms with Gasteiger partial charge in [0.2, 0.25) is 11.4 Å². The van der Waals surface area contributed by atoms with Crippen LogP contribution in [0.4, 0.5) is 16.0 Å². The first-order valence-corrected chi connectivity index (χ1v) is 10.6. The zero-order chi connectivity index (χ0) is 23.8. The summed E-state index contributed by atoms with van der Waals surface area (Å²) in [4.78, 5) is 32.7. The van der Waals surface area contributed by atoms with Crippen LogP contribution in [0, 0.1) is 17.1 Å². The third-order valence-corrected chi connectivity index (χ3v) is 5.76. The van der Waals surface area contributed by atoms with Crippen LogP contribution >= 0.6 is 0 Å². The molecule has 2 heterocycles. The SMILES string of the molecule is N#Cc1ccccc1Cc1ccnc(Nc2cc3c(cc2F)c(=O)c(C(=O)O)cn3C2CC2)n1. The van der Waals surface area contributed by atoms with Gasteiger partial charge in [-0.05, 0) is 42.7 Å². The van der Waals surface area contributed by atoms with E-state index < -0.39 is 17.2 Å². The monoisotopic (exact) mass is 455 g/mol. The average molecular weight is 455 g/mol. The number of nitrogens with zero attached hydrogens (tertiary/aromatic N) is 4. The number of carboxylic acids is 1. The van der Waals surface area contributed by atoms with Crippen LogP contribution in [-0.2, 0) is 6.42 Å². The number of aromatic carboxylic acids is 1. The highest BCUT2D eigenvalue weighted by Crippen LogP contribution is 2.38.